The summed E-state index contributed by atoms with van der Waals surface area (Å²) in [6.45, 7) is 2.92. The van der Waals surface area contributed by atoms with Gasteiger partial charge < -0.3 is 14.2 Å². The topological polar surface area (TPSA) is 51.5 Å². The predicted molar refractivity (Wildman–Crippen MR) is 84.5 cm³/mol. The van der Waals surface area contributed by atoms with Crippen molar-refractivity contribution in [2.75, 3.05) is 20.3 Å². The van der Waals surface area contributed by atoms with Crippen LogP contribution in [0.2, 0.25) is 0 Å². The Bertz CT molecular complexity index is 644. The highest BCUT2D eigenvalue weighted by atomic mass is 16.5. The molecule has 4 heteroatoms. The molecule has 0 saturated carbocycles. The maximum atomic E-state index is 8.92. The average molecular weight is 297 g/mol. The van der Waals surface area contributed by atoms with Crippen molar-refractivity contribution in [3.63, 3.8) is 0 Å². The van der Waals surface area contributed by atoms with E-state index in [2.05, 4.69) is 25.1 Å². The molecule has 0 amide bonds. The monoisotopic (exact) mass is 297 g/mol. The maximum Gasteiger partial charge on any atom is 0.162 e. The van der Waals surface area contributed by atoms with E-state index in [0.29, 0.717) is 30.3 Å². The molecule has 0 spiro atoms. The third-order valence-electron chi connectivity index (χ3n) is 3.23. The van der Waals surface area contributed by atoms with E-state index in [0.717, 1.165) is 12.2 Å². The summed E-state index contributed by atoms with van der Waals surface area (Å²) in [7, 11) is 1.57. The molecule has 0 saturated heterocycles. The number of aryl methyl sites for hydroxylation is 1. The molecule has 0 aliphatic heterocycles. The van der Waals surface area contributed by atoms with Crippen molar-refractivity contribution in [2.45, 2.75) is 13.3 Å². The fourth-order valence-corrected chi connectivity index (χ4v) is 1.99. The summed E-state index contributed by atoms with van der Waals surface area (Å²) in [6, 6.07) is 15.2. The van der Waals surface area contributed by atoms with Gasteiger partial charge in [0.1, 0.15) is 19.0 Å². The van der Waals surface area contributed by atoms with E-state index in [1.807, 2.05) is 12.1 Å². The number of methoxy groups -OCH3 is 1. The van der Waals surface area contributed by atoms with Gasteiger partial charge in [-0.3, -0.25) is 0 Å². The SMILES string of the molecule is CCc1ccc(OCCOc2cc(C#N)ccc2OC)cc1. The van der Waals surface area contributed by atoms with E-state index < -0.39 is 0 Å². The van der Waals surface area contributed by atoms with E-state index >= 15 is 0 Å². The van der Waals surface area contributed by atoms with E-state index in [1.54, 1.807) is 25.3 Å². The minimum atomic E-state index is 0.376. The summed E-state index contributed by atoms with van der Waals surface area (Å²) in [5.74, 6) is 1.97. The first-order valence-corrected chi connectivity index (χ1v) is 7.19. The molecule has 114 valence electrons. The summed E-state index contributed by atoms with van der Waals surface area (Å²) in [4.78, 5) is 0. The van der Waals surface area contributed by atoms with Gasteiger partial charge in [-0.15, -0.1) is 0 Å². The highest BCUT2D eigenvalue weighted by Crippen LogP contribution is 2.27. The molecule has 0 aromatic heterocycles. The molecule has 0 radical (unpaired) electrons. The number of nitriles is 1. The highest BCUT2D eigenvalue weighted by Gasteiger charge is 2.05. The van der Waals surface area contributed by atoms with Crippen LogP contribution in [0.5, 0.6) is 17.2 Å². The van der Waals surface area contributed by atoms with Crippen molar-refractivity contribution < 1.29 is 14.2 Å². The fraction of sp³-hybridized carbons (Fsp3) is 0.278. The first-order chi connectivity index (χ1) is 10.8. The molecule has 2 aromatic rings. The summed E-state index contributed by atoms with van der Waals surface area (Å²) < 4.78 is 16.5. The van der Waals surface area contributed by atoms with Crippen LogP contribution in [0.3, 0.4) is 0 Å². The highest BCUT2D eigenvalue weighted by molar-refractivity contribution is 5.46. The molecule has 0 atom stereocenters. The third-order valence-corrected chi connectivity index (χ3v) is 3.23. The van der Waals surface area contributed by atoms with Crippen LogP contribution in [-0.2, 0) is 6.42 Å². The van der Waals surface area contributed by atoms with E-state index in [4.69, 9.17) is 19.5 Å². The van der Waals surface area contributed by atoms with Crippen LogP contribution in [-0.4, -0.2) is 20.3 Å². The average Bonchev–Trinajstić information content (AvgIpc) is 2.59. The van der Waals surface area contributed by atoms with E-state index in [-0.39, 0.29) is 0 Å². The molecule has 0 fully saturated rings. The zero-order valence-corrected chi connectivity index (χ0v) is 12.8. The molecule has 4 nitrogen and oxygen atoms in total. The lowest BCUT2D eigenvalue weighted by atomic mass is 10.2. The van der Waals surface area contributed by atoms with Crippen molar-refractivity contribution in [2.24, 2.45) is 0 Å². The van der Waals surface area contributed by atoms with Crippen molar-refractivity contribution in [1.29, 1.82) is 5.26 Å². The van der Waals surface area contributed by atoms with Crippen molar-refractivity contribution in [3.05, 3.63) is 53.6 Å². The van der Waals surface area contributed by atoms with Crippen molar-refractivity contribution >= 4 is 0 Å². The third kappa shape index (κ3) is 4.16. The van der Waals surface area contributed by atoms with Crippen LogP contribution in [0.4, 0.5) is 0 Å². The Morgan fingerprint density at radius 3 is 2.32 bits per heavy atom. The van der Waals surface area contributed by atoms with Gasteiger partial charge in [-0.05, 0) is 36.2 Å². The lowest BCUT2D eigenvalue weighted by molar-refractivity contribution is 0.211. The number of rotatable bonds is 7. The van der Waals surface area contributed by atoms with Crippen LogP contribution in [0.15, 0.2) is 42.5 Å². The van der Waals surface area contributed by atoms with Gasteiger partial charge in [0.15, 0.2) is 11.5 Å². The molecule has 0 aliphatic rings. The number of ether oxygens (including phenoxy) is 3. The smallest absolute Gasteiger partial charge is 0.162 e. The zero-order chi connectivity index (χ0) is 15.8. The summed E-state index contributed by atoms with van der Waals surface area (Å²) in [5, 5.41) is 8.92. The molecule has 22 heavy (non-hydrogen) atoms. The molecular formula is C18H19NO3. The largest absolute Gasteiger partial charge is 0.493 e. The Balaban J connectivity index is 1.86. The molecule has 0 heterocycles. The standard InChI is InChI=1S/C18H19NO3/c1-3-14-4-7-16(8-5-14)21-10-11-22-18-12-15(13-19)6-9-17(18)20-2/h4-9,12H,3,10-11H2,1-2H3. The quantitative estimate of drug-likeness (QED) is 0.733. The maximum absolute atomic E-state index is 8.92. The van der Waals surface area contributed by atoms with Crippen LogP contribution in [0.25, 0.3) is 0 Å². The summed E-state index contributed by atoms with van der Waals surface area (Å²) >= 11 is 0. The van der Waals surface area contributed by atoms with Gasteiger partial charge in [-0.25, -0.2) is 0 Å². The lowest BCUT2D eigenvalue weighted by Crippen LogP contribution is -2.09. The van der Waals surface area contributed by atoms with Crippen molar-refractivity contribution in [3.8, 4) is 23.3 Å². The van der Waals surface area contributed by atoms with E-state index in [1.165, 1.54) is 5.56 Å². The Kier molecular flexibility index (Phi) is 5.67. The molecule has 0 bridgehead atoms. The Hall–Kier alpha value is -2.67. The van der Waals surface area contributed by atoms with Gasteiger partial charge in [0.25, 0.3) is 0 Å². The van der Waals surface area contributed by atoms with Gasteiger partial charge in [0, 0.05) is 6.07 Å². The lowest BCUT2D eigenvalue weighted by Gasteiger charge is -2.11. The summed E-state index contributed by atoms with van der Waals surface area (Å²) in [5.41, 5.74) is 1.81. The number of hydrogen-bond donors (Lipinski definition) is 0. The first kappa shape index (κ1) is 15.7. The summed E-state index contributed by atoms with van der Waals surface area (Å²) in [6.07, 6.45) is 1.01. The molecular weight excluding hydrogens is 278 g/mol. The van der Waals surface area contributed by atoms with Gasteiger partial charge in [-0.1, -0.05) is 19.1 Å². The minimum Gasteiger partial charge on any atom is -0.493 e. The predicted octanol–water partition coefficient (Wildman–Crippen LogP) is 3.59. The Morgan fingerprint density at radius 2 is 1.68 bits per heavy atom. The van der Waals surface area contributed by atoms with Crippen LogP contribution < -0.4 is 14.2 Å². The van der Waals surface area contributed by atoms with Crippen molar-refractivity contribution in [1.82, 2.24) is 0 Å². The van der Waals surface area contributed by atoms with Crippen LogP contribution in [0, 0.1) is 11.3 Å². The number of benzene rings is 2. The van der Waals surface area contributed by atoms with Crippen LogP contribution >= 0.6 is 0 Å². The van der Waals surface area contributed by atoms with Gasteiger partial charge in [0.2, 0.25) is 0 Å². The zero-order valence-electron chi connectivity index (χ0n) is 12.8. The Labute approximate surface area is 130 Å². The second-order valence-corrected chi connectivity index (χ2v) is 4.67. The van der Waals surface area contributed by atoms with Gasteiger partial charge in [0.05, 0.1) is 18.7 Å². The molecule has 0 unspecified atom stereocenters. The molecule has 0 N–H and O–H groups in total. The second-order valence-electron chi connectivity index (χ2n) is 4.67. The molecule has 0 aliphatic carbocycles. The first-order valence-electron chi connectivity index (χ1n) is 7.19. The minimum absolute atomic E-state index is 0.376. The number of nitrogens with zero attached hydrogens (tertiary/aromatic N) is 1. The molecule has 2 rings (SSSR count). The van der Waals surface area contributed by atoms with Crippen LogP contribution in [0.1, 0.15) is 18.1 Å². The Morgan fingerprint density at radius 1 is 0.955 bits per heavy atom. The fourth-order valence-electron chi connectivity index (χ4n) is 1.99. The van der Waals surface area contributed by atoms with E-state index in [9.17, 15) is 0 Å². The number of hydrogen-bond acceptors (Lipinski definition) is 4. The van der Waals surface area contributed by atoms with Gasteiger partial charge in [-0.2, -0.15) is 5.26 Å². The second kappa shape index (κ2) is 7.94. The van der Waals surface area contributed by atoms with Gasteiger partial charge >= 0.3 is 0 Å². The normalized spacial score (nSPS) is 9.86. The molecule has 2 aromatic carbocycles.